The molecule has 1 aromatic carbocycles. The first-order valence-electron chi connectivity index (χ1n) is 17.1. The molecule has 5 aliphatic rings. The number of hydrogen-bond acceptors (Lipinski definition) is 4. The monoisotopic (exact) mass is 591 g/mol. The highest BCUT2D eigenvalue weighted by Crippen LogP contribution is 2.75. The molecule has 0 spiro atoms. The van der Waals surface area contributed by atoms with Gasteiger partial charge in [0.15, 0.2) is 11.5 Å². The van der Waals surface area contributed by atoms with Crippen LogP contribution in [-0.4, -0.2) is 29.3 Å². The number of methoxy groups -OCH3 is 1. The first-order chi connectivity index (χ1) is 20.0. The number of allylic oxidation sites excluding steroid dienone is 2. The minimum absolute atomic E-state index is 0.0477. The fourth-order valence-corrected chi connectivity index (χ4v) is 11.8. The molecule has 0 unspecified atom stereocenters. The molecule has 0 aromatic heterocycles. The summed E-state index contributed by atoms with van der Waals surface area (Å²) in [6.45, 7) is 17.6. The Morgan fingerprint density at radius 3 is 2.40 bits per heavy atom. The van der Waals surface area contributed by atoms with Gasteiger partial charge in [-0.3, -0.25) is 4.79 Å². The van der Waals surface area contributed by atoms with E-state index in [4.69, 9.17) is 4.74 Å². The van der Waals surface area contributed by atoms with Gasteiger partial charge in [-0.1, -0.05) is 66.2 Å². The van der Waals surface area contributed by atoms with Crippen molar-refractivity contribution in [2.45, 2.75) is 125 Å². The lowest BCUT2D eigenvalue weighted by Gasteiger charge is -2.71. The van der Waals surface area contributed by atoms with E-state index in [9.17, 15) is 15.0 Å². The highest BCUT2D eigenvalue weighted by molar-refractivity contribution is 5.84. The topological polar surface area (TPSA) is 78.8 Å². The number of aromatic hydroxyl groups is 1. The lowest BCUT2D eigenvalue weighted by atomic mass is 9.33. The molecule has 238 valence electrons. The van der Waals surface area contributed by atoms with E-state index in [-0.39, 0.29) is 56.2 Å². The molecule has 5 heteroatoms. The molecule has 0 saturated heterocycles. The maximum atomic E-state index is 14.4. The molecule has 1 aromatic rings. The SMILES string of the molecule is COc1cc(CNC(=O)[C@]23CCC(C)(C)C[C@H]2C2=CC[C@@H]4[C@@]5(C)CC[C@H](O)C(C)(C)[C@@H]5CC[C@@]4(C)[C@]2(C)CC3)ccc1O. The summed E-state index contributed by atoms with van der Waals surface area (Å²) in [4.78, 5) is 14.4. The molecule has 0 bridgehead atoms. The number of carbonyl (C=O) groups excluding carboxylic acids is 1. The van der Waals surface area contributed by atoms with Crippen molar-refractivity contribution in [2.24, 2.45) is 50.2 Å². The van der Waals surface area contributed by atoms with Crippen LogP contribution in [0.4, 0.5) is 0 Å². The van der Waals surface area contributed by atoms with Crippen molar-refractivity contribution in [3.05, 3.63) is 35.4 Å². The second-order valence-corrected chi connectivity index (χ2v) is 17.4. The van der Waals surface area contributed by atoms with Crippen LogP contribution in [0.2, 0.25) is 0 Å². The minimum atomic E-state index is -0.372. The molecule has 0 aliphatic heterocycles. The number of phenols is 1. The number of phenolic OH excluding ortho intramolecular Hbond substituents is 1. The summed E-state index contributed by atoms with van der Waals surface area (Å²) in [5.74, 6) is 2.16. The van der Waals surface area contributed by atoms with Crippen LogP contribution < -0.4 is 10.1 Å². The van der Waals surface area contributed by atoms with Gasteiger partial charge in [0.05, 0.1) is 18.6 Å². The fraction of sp³-hybridized carbons (Fsp3) is 0.763. The lowest BCUT2D eigenvalue weighted by Crippen LogP contribution is -2.65. The molecule has 6 rings (SSSR count). The van der Waals surface area contributed by atoms with Gasteiger partial charge in [-0.25, -0.2) is 0 Å². The van der Waals surface area contributed by atoms with E-state index in [1.54, 1.807) is 18.7 Å². The van der Waals surface area contributed by atoms with Gasteiger partial charge < -0.3 is 20.3 Å². The number of rotatable bonds is 4. The largest absolute Gasteiger partial charge is 0.504 e. The van der Waals surface area contributed by atoms with Crippen LogP contribution >= 0.6 is 0 Å². The van der Waals surface area contributed by atoms with Crippen LogP contribution in [0.1, 0.15) is 118 Å². The quantitative estimate of drug-likeness (QED) is 0.309. The average Bonchev–Trinajstić information content (AvgIpc) is 2.94. The summed E-state index contributed by atoms with van der Waals surface area (Å²) in [5.41, 5.74) is 2.81. The maximum Gasteiger partial charge on any atom is 0.227 e. The number of carbonyl (C=O) groups is 1. The Labute approximate surface area is 260 Å². The molecule has 5 nitrogen and oxygen atoms in total. The summed E-state index contributed by atoms with van der Waals surface area (Å²) in [7, 11) is 1.55. The Kier molecular flexibility index (Phi) is 7.20. The third-order valence-corrected chi connectivity index (χ3v) is 14.8. The van der Waals surface area contributed by atoms with E-state index in [1.807, 2.05) is 12.1 Å². The number of amides is 1. The summed E-state index contributed by atoms with van der Waals surface area (Å²) < 4.78 is 5.31. The summed E-state index contributed by atoms with van der Waals surface area (Å²) in [6, 6.07) is 5.33. The van der Waals surface area contributed by atoms with Crippen molar-refractivity contribution in [1.29, 1.82) is 0 Å². The normalized spacial score (nSPS) is 42.8. The molecule has 0 radical (unpaired) electrons. The molecular formula is C38H57NO4. The van der Waals surface area contributed by atoms with Crippen molar-refractivity contribution >= 4 is 5.91 Å². The Hall–Kier alpha value is -2.01. The van der Waals surface area contributed by atoms with Crippen molar-refractivity contribution in [3.8, 4) is 11.5 Å². The molecule has 3 N–H and O–H groups in total. The highest BCUT2D eigenvalue weighted by Gasteiger charge is 2.69. The number of nitrogens with one attached hydrogen (secondary N) is 1. The second-order valence-electron chi connectivity index (χ2n) is 17.4. The van der Waals surface area contributed by atoms with Gasteiger partial charge >= 0.3 is 0 Å². The average molecular weight is 592 g/mol. The van der Waals surface area contributed by atoms with E-state index in [2.05, 4.69) is 59.9 Å². The molecular weight excluding hydrogens is 534 g/mol. The number of aliphatic hydroxyl groups excluding tert-OH is 1. The van der Waals surface area contributed by atoms with Gasteiger partial charge in [-0.2, -0.15) is 0 Å². The maximum absolute atomic E-state index is 14.4. The molecule has 1 amide bonds. The Balaban J connectivity index is 1.34. The van der Waals surface area contributed by atoms with Crippen LogP contribution in [0.15, 0.2) is 29.8 Å². The van der Waals surface area contributed by atoms with Crippen molar-refractivity contribution < 1.29 is 19.7 Å². The molecule has 4 fully saturated rings. The Bertz CT molecular complexity index is 1310. The van der Waals surface area contributed by atoms with Crippen molar-refractivity contribution in [1.82, 2.24) is 5.32 Å². The minimum Gasteiger partial charge on any atom is -0.504 e. The van der Waals surface area contributed by atoms with Gasteiger partial charge in [-0.15, -0.1) is 0 Å². The van der Waals surface area contributed by atoms with Crippen LogP contribution in [0.5, 0.6) is 11.5 Å². The molecule has 4 saturated carbocycles. The number of fused-ring (bicyclic) bond motifs is 7. The predicted octanol–water partition coefficient (Wildman–Crippen LogP) is 8.18. The van der Waals surface area contributed by atoms with Gasteiger partial charge in [0.2, 0.25) is 5.91 Å². The number of aliphatic hydroxyl groups is 1. The van der Waals surface area contributed by atoms with Gasteiger partial charge in [0.1, 0.15) is 0 Å². The highest BCUT2D eigenvalue weighted by atomic mass is 16.5. The standard InChI is InChI=1S/C38H57NO4/c1-33(2)17-19-38(32(42)39-23-24-9-11-27(40)28(21-24)43-8)20-18-36(6)25(26(38)22-33)10-12-30-35(5)15-14-31(41)34(3,4)29(35)13-16-37(30,36)7/h9-11,21,26,29-31,40-41H,12-20,22-23H2,1-8H3,(H,39,42)/t26-,29-,30+,31-,35-,36+,37+,38-/m0/s1. The molecule has 8 atom stereocenters. The van der Waals surface area contributed by atoms with Gasteiger partial charge in [0.25, 0.3) is 0 Å². The third kappa shape index (κ3) is 4.36. The zero-order valence-electron chi connectivity index (χ0n) is 28.1. The van der Waals surface area contributed by atoms with E-state index in [0.717, 1.165) is 56.9 Å². The van der Waals surface area contributed by atoms with Crippen LogP contribution in [0, 0.1) is 50.2 Å². The number of ether oxygens (including phenoxy) is 1. The number of hydrogen-bond donors (Lipinski definition) is 3. The Morgan fingerprint density at radius 1 is 0.953 bits per heavy atom. The molecule has 5 aliphatic carbocycles. The fourth-order valence-electron chi connectivity index (χ4n) is 11.8. The zero-order chi connectivity index (χ0) is 31.2. The van der Waals surface area contributed by atoms with E-state index >= 15 is 0 Å². The van der Waals surface area contributed by atoms with Crippen LogP contribution in [0.25, 0.3) is 0 Å². The van der Waals surface area contributed by atoms with E-state index in [1.165, 1.54) is 12.8 Å². The zero-order valence-corrected chi connectivity index (χ0v) is 28.1. The van der Waals surface area contributed by atoms with E-state index < -0.39 is 0 Å². The van der Waals surface area contributed by atoms with Crippen molar-refractivity contribution in [3.63, 3.8) is 0 Å². The van der Waals surface area contributed by atoms with E-state index in [0.29, 0.717) is 24.1 Å². The second kappa shape index (κ2) is 9.99. The third-order valence-electron chi connectivity index (χ3n) is 14.8. The van der Waals surface area contributed by atoms with Gasteiger partial charge in [-0.05, 0) is 127 Å². The first kappa shape index (κ1) is 31.0. The number of benzene rings is 1. The van der Waals surface area contributed by atoms with Gasteiger partial charge in [0, 0.05) is 6.54 Å². The lowest BCUT2D eigenvalue weighted by molar-refractivity contribution is -0.203. The Morgan fingerprint density at radius 2 is 1.67 bits per heavy atom. The van der Waals surface area contributed by atoms with Crippen molar-refractivity contribution in [2.75, 3.05) is 7.11 Å². The summed E-state index contributed by atoms with van der Waals surface area (Å²) >= 11 is 0. The first-order valence-corrected chi connectivity index (χ1v) is 17.1. The summed E-state index contributed by atoms with van der Waals surface area (Å²) in [5, 5.41) is 24.4. The van der Waals surface area contributed by atoms with Crippen LogP contribution in [0.3, 0.4) is 0 Å². The molecule has 43 heavy (non-hydrogen) atoms. The van der Waals surface area contributed by atoms with Crippen LogP contribution in [-0.2, 0) is 11.3 Å². The molecule has 0 heterocycles. The smallest absolute Gasteiger partial charge is 0.227 e. The predicted molar refractivity (Wildman–Crippen MR) is 172 cm³/mol. The summed E-state index contributed by atoms with van der Waals surface area (Å²) in [6.07, 6.45) is 13.0.